The minimum atomic E-state index is -0.521. The summed E-state index contributed by atoms with van der Waals surface area (Å²) in [6.45, 7) is -0.271. The van der Waals surface area contributed by atoms with Crippen molar-refractivity contribution in [1.82, 2.24) is 5.32 Å². The number of esters is 1. The molecule has 6 heteroatoms. The number of amides is 1. The predicted molar refractivity (Wildman–Crippen MR) is 83.1 cm³/mol. The van der Waals surface area contributed by atoms with Crippen LogP contribution >= 0.6 is 11.8 Å². The lowest BCUT2D eigenvalue weighted by molar-refractivity contribution is -0.146. The van der Waals surface area contributed by atoms with E-state index in [1.807, 2.05) is 0 Å². The molecule has 0 heterocycles. The third-order valence-corrected chi connectivity index (χ3v) is 4.54. The summed E-state index contributed by atoms with van der Waals surface area (Å²) in [5.41, 5.74) is 0. The number of ether oxygens (including phenoxy) is 1. The molecule has 0 aliphatic heterocycles. The molecule has 120 valence electrons. The van der Waals surface area contributed by atoms with Crippen LogP contribution in [0.3, 0.4) is 0 Å². The van der Waals surface area contributed by atoms with Gasteiger partial charge in [0.2, 0.25) is 0 Å². The van der Waals surface area contributed by atoms with Gasteiger partial charge >= 0.3 is 5.97 Å². The van der Waals surface area contributed by atoms with Crippen molar-refractivity contribution in [2.45, 2.75) is 43.0 Å². The summed E-state index contributed by atoms with van der Waals surface area (Å²) in [4.78, 5) is 23.7. The Morgan fingerprint density at radius 2 is 1.95 bits per heavy atom. The first-order valence-electron chi connectivity index (χ1n) is 7.47. The Balaban J connectivity index is 1.64. The molecule has 1 N–H and O–H groups in total. The van der Waals surface area contributed by atoms with Gasteiger partial charge in [-0.2, -0.15) is 0 Å². The number of carbonyl (C=O) groups excluding carboxylic acids is 2. The largest absolute Gasteiger partial charge is 0.455 e. The molecular weight excluding hydrogens is 305 g/mol. The second-order valence-corrected chi connectivity index (χ2v) is 6.30. The Kier molecular flexibility index (Phi) is 6.71. The van der Waals surface area contributed by atoms with Crippen LogP contribution in [0.1, 0.15) is 32.1 Å². The molecule has 0 saturated heterocycles. The van der Waals surface area contributed by atoms with E-state index in [1.54, 1.807) is 18.2 Å². The number of hydrogen-bond donors (Lipinski definition) is 1. The van der Waals surface area contributed by atoms with E-state index in [0.29, 0.717) is 4.90 Å². The van der Waals surface area contributed by atoms with Gasteiger partial charge in [0, 0.05) is 10.9 Å². The van der Waals surface area contributed by atoms with Crippen molar-refractivity contribution in [1.29, 1.82) is 0 Å². The van der Waals surface area contributed by atoms with E-state index >= 15 is 0 Å². The molecule has 0 spiro atoms. The van der Waals surface area contributed by atoms with Gasteiger partial charge in [-0.05, 0) is 25.0 Å². The molecule has 0 atom stereocenters. The van der Waals surface area contributed by atoms with Gasteiger partial charge < -0.3 is 10.1 Å². The van der Waals surface area contributed by atoms with Crippen LogP contribution < -0.4 is 5.32 Å². The van der Waals surface area contributed by atoms with Crippen LogP contribution in [0.5, 0.6) is 0 Å². The summed E-state index contributed by atoms with van der Waals surface area (Å²) in [7, 11) is 0. The molecule has 0 radical (unpaired) electrons. The van der Waals surface area contributed by atoms with E-state index in [4.69, 9.17) is 4.74 Å². The summed E-state index contributed by atoms with van der Waals surface area (Å²) >= 11 is 1.06. The van der Waals surface area contributed by atoms with Gasteiger partial charge in [0.25, 0.3) is 5.91 Å². The van der Waals surface area contributed by atoms with Gasteiger partial charge in [-0.25, -0.2) is 4.39 Å². The third kappa shape index (κ3) is 5.67. The van der Waals surface area contributed by atoms with Crippen molar-refractivity contribution < 1.29 is 18.7 Å². The minimum absolute atomic E-state index is 0.0162. The molecule has 0 aromatic heterocycles. The van der Waals surface area contributed by atoms with Gasteiger partial charge in [0.05, 0.1) is 5.75 Å². The normalized spacial score (nSPS) is 15.3. The minimum Gasteiger partial charge on any atom is -0.455 e. The van der Waals surface area contributed by atoms with Crippen molar-refractivity contribution in [2.75, 3.05) is 12.4 Å². The Morgan fingerprint density at radius 3 is 2.68 bits per heavy atom. The smallest absolute Gasteiger partial charge is 0.316 e. The van der Waals surface area contributed by atoms with Crippen LogP contribution in [0.15, 0.2) is 29.2 Å². The Hall–Kier alpha value is -1.56. The van der Waals surface area contributed by atoms with Gasteiger partial charge in [0.1, 0.15) is 5.82 Å². The highest BCUT2D eigenvalue weighted by atomic mass is 32.2. The lowest BCUT2D eigenvalue weighted by atomic mass is 9.95. The average Bonchev–Trinajstić information content (AvgIpc) is 2.53. The van der Waals surface area contributed by atoms with E-state index in [0.717, 1.165) is 37.4 Å². The highest BCUT2D eigenvalue weighted by Gasteiger charge is 2.16. The van der Waals surface area contributed by atoms with E-state index in [-0.39, 0.29) is 30.1 Å². The fourth-order valence-corrected chi connectivity index (χ4v) is 3.14. The number of nitrogens with one attached hydrogen (secondary N) is 1. The fraction of sp³-hybridized carbons (Fsp3) is 0.500. The van der Waals surface area contributed by atoms with Crippen molar-refractivity contribution in [3.05, 3.63) is 30.1 Å². The molecule has 1 aliphatic carbocycles. The van der Waals surface area contributed by atoms with E-state index in [1.165, 1.54) is 12.5 Å². The molecular formula is C16H20FNO3S. The zero-order valence-electron chi connectivity index (χ0n) is 12.3. The monoisotopic (exact) mass is 325 g/mol. The number of carbonyl (C=O) groups is 2. The second kappa shape index (κ2) is 8.78. The lowest BCUT2D eigenvalue weighted by Crippen LogP contribution is -2.38. The molecule has 1 fully saturated rings. The van der Waals surface area contributed by atoms with Gasteiger partial charge in [-0.3, -0.25) is 9.59 Å². The number of rotatable bonds is 6. The maximum Gasteiger partial charge on any atom is 0.316 e. The van der Waals surface area contributed by atoms with Crippen molar-refractivity contribution in [2.24, 2.45) is 0 Å². The first-order chi connectivity index (χ1) is 10.6. The SMILES string of the molecule is O=C(COC(=O)CSc1ccccc1F)NC1CCCCC1. The molecule has 0 bridgehead atoms. The van der Waals surface area contributed by atoms with Crippen LogP contribution in [0.4, 0.5) is 4.39 Å². The molecule has 0 unspecified atom stereocenters. The Labute approximate surface area is 133 Å². The standard InChI is InChI=1S/C16H20FNO3S/c17-13-8-4-5-9-14(13)22-11-16(20)21-10-15(19)18-12-6-2-1-3-7-12/h4-5,8-9,12H,1-3,6-7,10-11H2,(H,18,19). The molecule has 1 saturated carbocycles. The molecule has 2 rings (SSSR count). The van der Waals surface area contributed by atoms with Crippen molar-refractivity contribution in [3.63, 3.8) is 0 Å². The summed E-state index contributed by atoms with van der Waals surface area (Å²) in [5, 5.41) is 2.87. The topological polar surface area (TPSA) is 55.4 Å². The van der Waals surface area contributed by atoms with Crippen molar-refractivity contribution in [3.8, 4) is 0 Å². The van der Waals surface area contributed by atoms with Crippen LogP contribution in [0, 0.1) is 5.82 Å². The number of thioether (sulfide) groups is 1. The highest BCUT2D eigenvalue weighted by Crippen LogP contribution is 2.21. The molecule has 1 amide bonds. The van der Waals surface area contributed by atoms with Gasteiger partial charge in [0.15, 0.2) is 6.61 Å². The maximum absolute atomic E-state index is 13.4. The summed E-state index contributed by atoms with van der Waals surface area (Å²) in [6.07, 6.45) is 5.45. The lowest BCUT2D eigenvalue weighted by Gasteiger charge is -2.22. The van der Waals surface area contributed by atoms with Crippen LogP contribution in [-0.4, -0.2) is 30.3 Å². The average molecular weight is 325 g/mol. The number of halogens is 1. The summed E-state index contributed by atoms with van der Waals surface area (Å²) in [6, 6.07) is 6.43. The predicted octanol–water partition coefficient (Wildman–Crippen LogP) is 2.91. The summed E-state index contributed by atoms with van der Waals surface area (Å²) in [5.74, 6) is -1.17. The fourth-order valence-electron chi connectivity index (χ4n) is 2.40. The summed E-state index contributed by atoms with van der Waals surface area (Å²) < 4.78 is 18.3. The first-order valence-corrected chi connectivity index (χ1v) is 8.46. The maximum atomic E-state index is 13.4. The molecule has 1 aromatic carbocycles. The quantitative estimate of drug-likeness (QED) is 0.645. The van der Waals surface area contributed by atoms with Crippen LogP contribution in [-0.2, 0) is 14.3 Å². The highest BCUT2D eigenvalue weighted by molar-refractivity contribution is 8.00. The van der Waals surface area contributed by atoms with Crippen LogP contribution in [0.2, 0.25) is 0 Å². The molecule has 1 aliphatic rings. The number of hydrogen-bond acceptors (Lipinski definition) is 4. The Bertz CT molecular complexity index is 518. The zero-order chi connectivity index (χ0) is 15.8. The van der Waals surface area contributed by atoms with Gasteiger partial charge in [-0.15, -0.1) is 11.8 Å². The zero-order valence-corrected chi connectivity index (χ0v) is 13.2. The van der Waals surface area contributed by atoms with Crippen LogP contribution in [0.25, 0.3) is 0 Å². The second-order valence-electron chi connectivity index (χ2n) is 5.28. The third-order valence-electron chi connectivity index (χ3n) is 3.52. The Morgan fingerprint density at radius 1 is 1.23 bits per heavy atom. The molecule has 1 aromatic rings. The van der Waals surface area contributed by atoms with E-state index < -0.39 is 5.97 Å². The van der Waals surface area contributed by atoms with E-state index in [2.05, 4.69) is 5.32 Å². The van der Waals surface area contributed by atoms with Crippen molar-refractivity contribution >= 4 is 23.6 Å². The first kappa shape index (κ1) is 16.8. The number of benzene rings is 1. The van der Waals surface area contributed by atoms with Gasteiger partial charge in [-0.1, -0.05) is 31.4 Å². The van der Waals surface area contributed by atoms with E-state index in [9.17, 15) is 14.0 Å². The molecule has 4 nitrogen and oxygen atoms in total. The molecule has 22 heavy (non-hydrogen) atoms.